The van der Waals surface area contributed by atoms with Crippen molar-refractivity contribution in [1.82, 2.24) is 10.3 Å². The molecule has 0 unspecified atom stereocenters. The van der Waals surface area contributed by atoms with Gasteiger partial charge in [-0.3, -0.25) is 4.99 Å². The van der Waals surface area contributed by atoms with Crippen LogP contribution in [0.5, 0.6) is 0 Å². The Bertz CT molecular complexity index is 362. The van der Waals surface area contributed by atoms with E-state index < -0.39 is 0 Å². The van der Waals surface area contributed by atoms with E-state index in [-0.39, 0.29) is 24.0 Å². The molecule has 6 heteroatoms. The van der Waals surface area contributed by atoms with E-state index in [9.17, 15) is 0 Å². The Hall–Kier alpha value is -0.370. The first-order chi connectivity index (χ1) is 7.63. The SMILES string of the molecule is CCCN=C(N)NCCc1sc(C)nc1C.I. The molecule has 17 heavy (non-hydrogen) atoms. The highest BCUT2D eigenvalue weighted by Crippen LogP contribution is 2.16. The Labute approximate surface area is 124 Å². The highest BCUT2D eigenvalue weighted by molar-refractivity contribution is 14.0. The van der Waals surface area contributed by atoms with E-state index in [1.54, 1.807) is 11.3 Å². The molecule has 0 amide bonds. The molecule has 1 rings (SSSR count). The predicted octanol–water partition coefficient (Wildman–Crippen LogP) is 2.23. The third-order valence-corrected chi connectivity index (χ3v) is 3.30. The average molecular weight is 368 g/mol. The summed E-state index contributed by atoms with van der Waals surface area (Å²) in [5.41, 5.74) is 6.83. The highest BCUT2D eigenvalue weighted by Gasteiger charge is 2.03. The lowest BCUT2D eigenvalue weighted by Crippen LogP contribution is -2.33. The molecule has 1 aromatic rings. The minimum atomic E-state index is 0. The fraction of sp³-hybridized carbons (Fsp3) is 0.636. The van der Waals surface area contributed by atoms with Crippen molar-refractivity contribution in [2.24, 2.45) is 10.7 Å². The minimum absolute atomic E-state index is 0. The topological polar surface area (TPSA) is 63.3 Å². The van der Waals surface area contributed by atoms with Gasteiger partial charge < -0.3 is 11.1 Å². The second kappa shape index (κ2) is 8.68. The number of aryl methyl sites for hydroxylation is 2. The smallest absolute Gasteiger partial charge is 0.188 e. The summed E-state index contributed by atoms with van der Waals surface area (Å²) < 4.78 is 0. The minimum Gasteiger partial charge on any atom is -0.370 e. The predicted molar refractivity (Wildman–Crippen MR) is 85.5 cm³/mol. The van der Waals surface area contributed by atoms with Gasteiger partial charge in [0.05, 0.1) is 10.7 Å². The van der Waals surface area contributed by atoms with Crippen molar-refractivity contribution in [1.29, 1.82) is 0 Å². The second-order valence-corrected chi connectivity index (χ2v) is 4.97. The molecule has 0 saturated carbocycles. The number of halogens is 1. The first-order valence-electron chi connectivity index (χ1n) is 5.60. The molecule has 0 fully saturated rings. The van der Waals surface area contributed by atoms with Crippen LogP contribution in [0.2, 0.25) is 0 Å². The first-order valence-corrected chi connectivity index (χ1v) is 6.41. The Morgan fingerprint density at radius 3 is 2.71 bits per heavy atom. The summed E-state index contributed by atoms with van der Waals surface area (Å²) in [4.78, 5) is 9.89. The number of aliphatic imine (C=N–C) groups is 1. The summed E-state index contributed by atoms with van der Waals surface area (Å²) in [5.74, 6) is 0.542. The zero-order valence-corrected chi connectivity index (χ0v) is 13.8. The second-order valence-electron chi connectivity index (χ2n) is 3.69. The normalized spacial score (nSPS) is 11.1. The lowest BCUT2D eigenvalue weighted by atomic mass is 10.3. The molecule has 98 valence electrons. The van der Waals surface area contributed by atoms with Gasteiger partial charge in [0, 0.05) is 24.4 Å². The van der Waals surface area contributed by atoms with E-state index in [4.69, 9.17) is 5.73 Å². The van der Waals surface area contributed by atoms with Gasteiger partial charge in [-0.2, -0.15) is 0 Å². The molecular formula is C11H21IN4S. The van der Waals surface area contributed by atoms with Gasteiger partial charge in [0.1, 0.15) is 0 Å². The van der Waals surface area contributed by atoms with E-state index in [0.29, 0.717) is 5.96 Å². The van der Waals surface area contributed by atoms with Crippen molar-refractivity contribution in [3.63, 3.8) is 0 Å². The third kappa shape index (κ3) is 6.21. The quantitative estimate of drug-likeness (QED) is 0.476. The molecule has 0 aliphatic carbocycles. The highest BCUT2D eigenvalue weighted by atomic mass is 127. The van der Waals surface area contributed by atoms with Crippen LogP contribution in [0.3, 0.4) is 0 Å². The van der Waals surface area contributed by atoms with Crippen molar-refractivity contribution in [2.45, 2.75) is 33.6 Å². The van der Waals surface area contributed by atoms with Crippen LogP contribution in [0.15, 0.2) is 4.99 Å². The fourth-order valence-corrected chi connectivity index (χ4v) is 2.33. The van der Waals surface area contributed by atoms with E-state index in [0.717, 1.165) is 36.6 Å². The Kier molecular flexibility index (Phi) is 8.49. The molecule has 0 spiro atoms. The number of rotatable bonds is 5. The van der Waals surface area contributed by atoms with Crippen LogP contribution in [0.1, 0.15) is 28.9 Å². The third-order valence-electron chi connectivity index (χ3n) is 2.16. The number of nitrogens with zero attached hydrogens (tertiary/aromatic N) is 2. The van der Waals surface area contributed by atoms with Crippen LogP contribution in [-0.4, -0.2) is 24.0 Å². The molecule has 4 nitrogen and oxygen atoms in total. The number of nitrogens with two attached hydrogens (primary N) is 1. The monoisotopic (exact) mass is 368 g/mol. The standard InChI is InChI=1S/C11H20N4S.HI/c1-4-6-13-11(12)14-7-5-10-8(2)15-9(3)16-10;/h4-7H2,1-3H3,(H3,12,13,14);1H. The molecule has 0 saturated heterocycles. The van der Waals surface area contributed by atoms with Crippen LogP contribution in [0, 0.1) is 13.8 Å². The summed E-state index contributed by atoms with van der Waals surface area (Å²) in [6.45, 7) is 7.78. The van der Waals surface area contributed by atoms with Crippen LogP contribution in [-0.2, 0) is 6.42 Å². The Morgan fingerprint density at radius 2 is 2.18 bits per heavy atom. The van der Waals surface area contributed by atoms with Crippen LogP contribution in [0.25, 0.3) is 0 Å². The van der Waals surface area contributed by atoms with Gasteiger partial charge in [0.2, 0.25) is 0 Å². The number of nitrogens with one attached hydrogen (secondary N) is 1. The van der Waals surface area contributed by atoms with Crippen LogP contribution in [0.4, 0.5) is 0 Å². The number of thiazole rings is 1. The van der Waals surface area contributed by atoms with E-state index in [2.05, 4.69) is 22.2 Å². The van der Waals surface area contributed by atoms with Crippen molar-refractivity contribution in [2.75, 3.05) is 13.1 Å². The lowest BCUT2D eigenvalue weighted by Gasteiger charge is -2.04. The summed E-state index contributed by atoms with van der Waals surface area (Å²) >= 11 is 1.75. The van der Waals surface area contributed by atoms with Gasteiger partial charge in [-0.1, -0.05) is 6.92 Å². The lowest BCUT2D eigenvalue weighted by molar-refractivity contribution is 0.841. The fourth-order valence-electron chi connectivity index (χ4n) is 1.40. The maximum absolute atomic E-state index is 5.69. The molecule has 0 aromatic carbocycles. The van der Waals surface area contributed by atoms with E-state index in [1.807, 2.05) is 13.8 Å². The summed E-state index contributed by atoms with van der Waals surface area (Å²) in [5, 5.41) is 4.23. The summed E-state index contributed by atoms with van der Waals surface area (Å²) in [6.07, 6.45) is 1.98. The number of hydrogen-bond donors (Lipinski definition) is 2. The zero-order chi connectivity index (χ0) is 12.0. The Morgan fingerprint density at radius 1 is 1.47 bits per heavy atom. The molecule has 3 N–H and O–H groups in total. The number of guanidine groups is 1. The first kappa shape index (κ1) is 16.6. The molecule has 0 atom stereocenters. The van der Waals surface area contributed by atoms with Crippen molar-refractivity contribution < 1.29 is 0 Å². The summed E-state index contributed by atoms with van der Waals surface area (Å²) in [6, 6.07) is 0. The maximum Gasteiger partial charge on any atom is 0.188 e. The van der Waals surface area contributed by atoms with Gasteiger partial charge in [-0.25, -0.2) is 4.98 Å². The molecule has 0 aliphatic heterocycles. The molecule has 0 bridgehead atoms. The van der Waals surface area contributed by atoms with Gasteiger partial charge >= 0.3 is 0 Å². The van der Waals surface area contributed by atoms with Gasteiger partial charge in [-0.15, -0.1) is 35.3 Å². The maximum atomic E-state index is 5.69. The molecular weight excluding hydrogens is 347 g/mol. The number of aromatic nitrogens is 1. The Balaban J connectivity index is 0.00000256. The van der Waals surface area contributed by atoms with Crippen molar-refractivity contribution in [3.8, 4) is 0 Å². The van der Waals surface area contributed by atoms with Gasteiger partial charge in [-0.05, 0) is 20.3 Å². The van der Waals surface area contributed by atoms with Crippen molar-refractivity contribution >= 4 is 41.3 Å². The average Bonchev–Trinajstić information content (AvgIpc) is 2.55. The molecule has 1 heterocycles. The molecule has 0 radical (unpaired) electrons. The van der Waals surface area contributed by atoms with Crippen molar-refractivity contribution in [3.05, 3.63) is 15.6 Å². The molecule has 0 aliphatic rings. The van der Waals surface area contributed by atoms with Gasteiger partial charge in [0.25, 0.3) is 0 Å². The molecule has 1 aromatic heterocycles. The summed E-state index contributed by atoms with van der Waals surface area (Å²) in [7, 11) is 0. The largest absolute Gasteiger partial charge is 0.370 e. The van der Waals surface area contributed by atoms with E-state index >= 15 is 0 Å². The van der Waals surface area contributed by atoms with Crippen LogP contribution < -0.4 is 11.1 Å². The van der Waals surface area contributed by atoms with Gasteiger partial charge in [0.15, 0.2) is 5.96 Å². The van der Waals surface area contributed by atoms with Crippen LogP contribution >= 0.6 is 35.3 Å². The zero-order valence-electron chi connectivity index (χ0n) is 10.6. The number of hydrogen-bond acceptors (Lipinski definition) is 3. The van der Waals surface area contributed by atoms with E-state index in [1.165, 1.54) is 4.88 Å².